The van der Waals surface area contributed by atoms with Crippen molar-refractivity contribution < 1.29 is 19.8 Å². The number of halogens is 2. The number of benzene rings is 3. The zero-order valence-electron chi connectivity index (χ0n) is 17.5. The van der Waals surface area contributed by atoms with Crippen molar-refractivity contribution in [2.45, 2.75) is 11.5 Å². The van der Waals surface area contributed by atoms with Gasteiger partial charge in [-0.15, -0.1) is 0 Å². The van der Waals surface area contributed by atoms with Crippen LogP contribution in [-0.4, -0.2) is 40.4 Å². The second-order valence-electron chi connectivity index (χ2n) is 8.47. The van der Waals surface area contributed by atoms with Crippen LogP contribution in [0.15, 0.2) is 60.7 Å². The van der Waals surface area contributed by atoms with E-state index in [0.29, 0.717) is 28.4 Å². The van der Waals surface area contributed by atoms with Gasteiger partial charge in [-0.2, -0.15) is 0 Å². The summed E-state index contributed by atoms with van der Waals surface area (Å²) in [5.41, 5.74) is 1.12. The van der Waals surface area contributed by atoms with E-state index in [9.17, 15) is 19.8 Å². The lowest BCUT2D eigenvalue weighted by atomic mass is 9.70. The van der Waals surface area contributed by atoms with Crippen LogP contribution in [0.5, 0.6) is 11.5 Å². The number of para-hydroxylation sites is 1. The maximum atomic E-state index is 14.1. The van der Waals surface area contributed by atoms with Crippen LogP contribution in [0.4, 0.5) is 5.69 Å². The van der Waals surface area contributed by atoms with Gasteiger partial charge in [0.2, 0.25) is 5.91 Å². The first-order valence-electron chi connectivity index (χ1n) is 10.4. The lowest BCUT2D eigenvalue weighted by Gasteiger charge is -2.35. The van der Waals surface area contributed by atoms with Crippen LogP contribution < -0.4 is 5.32 Å². The van der Waals surface area contributed by atoms with Gasteiger partial charge in [-0.25, -0.2) is 0 Å². The second-order valence-corrected chi connectivity index (χ2v) is 9.29. The largest absolute Gasteiger partial charge is 0.504 e. The molecule has 0 aliphatic carbocycles. The quantitative estimate of drug-likeness (QED) is 0.369. The van der Waals surface area contributed by atoms with E-state index in [1.165, 1.54) is 18.2 Å². The number of carbonyl (C=O) groups excluding carboxylic acids is 2. The molecule has 1 saturated heterocycles. The third kappa shape index (κ3) is 3.13. The fourth-order valence-electron chi connectivity index (χ4n) is 5.30. The number of carbonyl (C=O) groups is 2. The van der Waals surface area contributed by atoms with E-state index < -0.39 is 17.4 Å². The Morgan fingerprint density at radius 3 is 2.52 bits per heavy atom. The van der Waals surface area contributed by atoms with Crippen molar-refractivity contribution in [1.29, 1.82) is 0 Å². The number of nitrogens with one attached hydrogen (secondary N) is 1. The molecule has 3 atom stereocenters. The molecule has 3 aromatic rings. The highest BCUT2D eigenvalue weighted by atomic mass is 35.5. The molecule has 3 aromatic carbocycles. The Kier molecular flexibility index (Phi) is 5.12. The summed E-state index contributed by atoms with van der Waals surface area (Å²) in [6.45, 7) is 0.379. The maximum Gasteiger partial charge on any atom is 0.250 e. The highest BCUT2D eigenvalue weighted by Crippen LogP contribution is 2.56. The first-order valence-corrected chi connectivity index (χ1v) is 11.1. The SMILES string of the molecule is CN1CC(c2ccc(O)c(O)c2)C(C(=O)c2ccc(Cl)c(Cl)c2)C12C(=O)Nc1ccccc12. The molecule has 6 nitrogen and oxygen atoms in total. The van der Waals surface area contributed by atoms with E-state index in [1.807, 2.05) is 36.2 Å². The molecule has 1 fully saturated rings. The molecule has 0 saturated carbocycles. The van der Waals surface area contributed by atoms with E-state index in [0.717, 1.165) is 5.56 Å². The Morgan fingerprint density at radius 1 is 1.03 bits per heavy atom. The number of likely N-dealkylation sites (tertiary alicyclic amines) is 1. The van der Waals surface area contributed by atoms with Crippen LogP contribution in [0.1, 0.15) is 27.4 Å². The number of amides is 1. The molecule has 8 heteroatoms. The highest BCUT2D eigenvalue weighted by molar-refractivity contribution is 6.42. The minimum Gasteiger partial charge on any atom is -0.504 e. The van der Waals surface area contributed by atoms with Gasteiger partial charge in [0.05, 0.1) is 16.0 Å². The number of likely N-dealkylation sites (N-methyl/N-ethyl adjacent to an activating group) is 1. The summed E-state index contributed by atoms with van der Waals surface area (Å²) in [7, 11) is 1.82. The van der Waals surface area contributed by atoms with E-state index in [2.05, 4.69) is 5.32 Å². The number of nitrogens with zero attached hydrogens (tertiary/aromatic N) is 1. The number of ketones is 1. The van der Waals surface area contributed by atoms with E-state index in [1.54, 1.807) is 18.2 Å². The van der Waals surface area contributed by atoms with Gasteiger partial charge in [0.25, 0.3) is 0 Å². The number of fused-ring (bicyclic) bond motifs is 2. The van der Waals surface area contributed by atoms with Crippen molar-refractivity contribution in [3.63, 3.8) is 0 Å². The molecule has 2 aliphatic heterocycles. The normalized spacial score (nSPS) is 24.2. The number of Topliss-reactive ketones (excluding diaryl/α,β-unsaturated/α-hetero) is 1. The van der Waals surface area contributed by atoms with Crippen molar-refractivity contribution in [2.75, 3.05) is 18.9 Å². The number of hydrogen-bond acceptors (Lipinski definition) is 5. The summed E-state index contributed by atoms with van der Waals surface area (Å²) < 4.78 is 0. The lowest BCUT2D eigenvalue weighted by molar-refractivity contribution is -0.126. The topological polar surface area (TPSA) is 89.9 Å². The molecule has 5 rings (SSSR count). The third-order valence-electron chi connectivity index (χ3n) is 6.77. The van der Waals surface area contributed by atoms with Crippen LogP contribution >= 0.6 is 23.2 Å². The van der Waals surface area contributed by atoms with Crippen molar-refractivity contribution in [3.8, 4) is 11.5 Å². The Balaban J connectivity index is 1.73. The number of aromatic hydroxyl groups is 2. The van der Waals surface area contributed by atoms with Crippen LogP contribution in [0.2, 0.25) is 10.0 Å². The summed E-state index contributed by atoms with van der Waals surface area (Å²) >= 11 is 12.3. The molecule has 0 radical (unpaired) electrons. The number of phenolic OH excluding ortho intramolecular Hbond substituents is 2. The van der Waals surface area contributed by atoms with Gasteiger partial charge >= 0.3 is 0 Å². The molecule has 2 aliphatic rings. The van der Waals surface area contributed by atoms with Crippen LogP contribution in [0.25, 0.3) is 0 Å². The zero-order chi connectivity index (χ0) is 23.5. The number of hydrogen-bond donors (Lipinski definition) is 3. The minimum atomic E-state index is -1.25. The second kappa shape index (κ2) is 7.76. The number of phenols is 2. The standard InChI is InChI=1S/C25H20Cl2N2O4/c1-29-12-15(13-7-9-20(30)21(31)11-13)22(23(32)14-6-8-17(26)18(27)10-14)25(29)16-4-2-3-5-19(16)28-24(25)33/h2-11,15,22,30-31H,12H2,1H3,(H,28,33). The molecule has 2 heterocycles. The highest BCUT2D eigenvalue weighted by Gasteiger charge is 2.64. The fourth-order valence-corrected chi connectivity index (χ4v) is 5.59. The molecule has 0 bridgehead atoms. The van der Waals surface area contributed by atoms with Gasteiger partial charge < -0.3 is 15.5 Å². The van der Waals surface area contributed by atoms with E-state index >= 15 is 0 Å². The Bertz CT molecular complexity index is 1310. The fraction of sp³-hybridized carbons (Fsp3) is 0.200. The Morgan fingerprint density at radius 2 is 1.79 bits per heavy atom. The molecule has 0 aromatic heterocycles. The average molecular weight is 483 g/mol. The summed E-state index contributed by atoms with van der Waals surface area (Å²) in [6.07, 6.45) is 0. The molecule has 168 valence electrons. The molecule has 1 spiro atoms. The van der Waals surface area contributed by atoms with Crippen molar-refractivity contribution >= 4 is 40.6 Å². The maximum absolute atomic E-state index is 14.1. The Labute approximate surface area is 200 Å². The summed E-state index contributed by atoms with van der Waals surface area (Å²) in [5, 5.41) is 23.5. The predicted molar refractivity (Wildman–Crippen MR) is 126 cm³/mol. The number of rotatable bonds is 3. The molecule has 1 amide bonds. The van der Waals surface area contributed by atoms with Crippen LogP contribution in [-0.2, 0) is 10.3 Å². The summed E-state index contributed by atoms with van der Waals surface area (Å²) in [5.74, 6) is -2.35. The third-order valence-corrected chi connectivity index (χ3v) is 7.51. The van der Waals surface area contributed by atoms with Crippen molar-refractivity contribution in [1.82, 2.24) is 4.90 Å². The minimum absolute atomic E-state index is 0.248. The first-order chi connectivity index (χ1) is 15.7. The van der Waals surface area contributed by atoms with Gasteiger partial charge in [-0.3, -0.25) is 14.5 Å². The molecule has 3 N–H and O–H groups in total. The summed E-state index contributed by atoms with van der Waals surface area (Å²) in [6, 6.07) is 16.5. The van der Waals surface area contributed by atoms with E-state index in [-0.39, 0.29) is 28.2 Å². The number of anilines is 1. The first kappa shape index (κ1) is 21.8. The van der Waals surface area contributed by atoms with Crippen LogP contribution in [0.3, 0.4) is 0 Å². The smallest absolute Gasteiger partial charge is 0.250 e. The monoisotopic (exact) mass is 482 g/mol. The molecule has 3 unspecified atom stereocenters. The average Bonchev–Trinajstić information content (AvgIpc) is 3.27. The molecular weight excluding hydrogens is 463 g/mol. The van der Waals surface area contributed by atoms with Crippen LogP contribution in [0, 0.1) is 5.92 Å². The van der Waals surface area contributed by atoms with Gasteiger partial charge in [0.1, 0.15) is 5.54 Å². The lowest BCUT2D eigenvalue weighted by Crippen LogP contribution is -2.51. The van der Waals surface area contributed by atoms with Crippen molar-refractivity contribution in [2.24, 2.45) is 5.92 Å². The predicted octanol–water partition coefficient (Wildman–Crippen LogP) is 4.78. The zero-order valence-corrected chi connectivity index (χ0v) is 19.1. The van der Waals surface area contributed by atoms with Gasteiger partial charge in [-0.1, -0.05) is 47.5 Å². The van der Waals surface area contributed by atoms with Gasteiger partial charge in [-0.05, 0) is 49.0 Å². The Hall–Kier alpha value is -3.06. The molecular formula is C25H20Cl2N2O4. The molecule has 33 heavy (non-hydrogen) atoms. The van der Waals surface area contributed by atoms with E-state index in [4.69, 9.17) is 23.2 Å². The summed E-state index contributed by atoms with van der Waals surface area (Å²) in [4.78, 5) is 29.6. The van der Waals surface area contributed by atoms with Gasteiger partial charge in [0, 0.05) is 29.3 Å². The van der Waals surface area contributed by atoms with Gasteiger partial charge in [0.15, 0.2) is 17.3 Å². The van der Waals surface area contributed by atoms with Crippen molar-refractivity contribution in [3.05, 3.63) is 87.4 Å².